The van der Waals surface area contributed by atoms with Gasteiger partial charge in [-0.15, -0.1) is 0 Å². The highest BCUT2D eigenvalue weighted by atomic mass is 16.5. The molecule has 0 unspecified atom stereocenters. The van der Waals surface area contributed by atoms with Crippen molar-refractivity contribution >= 4 is 11.0 Å². The fraction of sp³-hybridized carbons (Fsp3) is 0.310. The molecule has 4 aromatic rings. The van der Waals surface area contributed by atoms with Crippen LogP contribution in [0.3, 0.4) is 0 Å². The molecule has 0 amide bonds. The molecule has 1 fully saturated rings. The smallest absolute Gasteiger partial charge is 0.203 e. The Bertz CT molecular complexity index is 1360. The molecule has 3 aromatic carbocycles. The number of aryl methyl sites for hydroxylation is 1. The van der Waals surface area contributed by atoms with Gasteiger partial charge in [-0.2, -0.15) is 0 Å². The first kappa shape index (κ1) is 24.0. The second-order valence-electron chi connectivity index (χ2n) is 8.88. The summed E-state index contributed by atoms with van der Waals surface area (Å²) in [5.41, 5.74) is 8.01. The van der Waals surface area contributed by atoms with Gasteiger partial charge in [-0.1, -0.05) is 30.3 Å². The van der Waals surface area contributed by atoms with Gasteiger partial charge in [0, 0.05) is 30.8 Å². The number of morpholine rings is 1. The van der Waals surface area contributed by atoms with Crippen molar-refractivity contribution in [3.63, 3.8) is 0 Å². The lowest BCUT2D eigenvalue weighted by Gasteiger charge is -2.26. The molecule has 1 aromatic heterocycles. The number of ether oxygens (including phenoxy) is 4. The average molecular weight is 486 g/mol. The minimum absolute atomic E-state index is 0.547. The quantitative estimate of drug-likeness (QED) is 0.360. The van der Waals surface area contributed by atoms with E-state index in [0.717, 1.165) is 66.3 Å². The second kappa shape index (κ2) is 10.5. The molecule has 0 saturated carbocycles. The lowest BCUT2D eigenvalue weighted by molar-refractivity contribution is 0.0342. The Morgan fingerprint density at radius 3 is 2.31 bits per heavy atom. The van der Waals surface area contributed by atoms with E-state index >= 15 is 0 Å². The van der Waals surface area contributed by atoms with Crippen LogP contribution in [0.2, 0.25) is 0 Å². The van der Waals surface area contributed by atoms with Gasteiger partial charge in [0.2, 0.25) is 5.75 Å². The van der Waals surface area contributed by atoms with Crippen molar-refractivity contribution in [3.05, 3.63) is 65.9 Å². The summed E-state index contributed by atoms with van der Waals surface area (Å²) in [4.78, 5) is 12.2. The molecule has 1 aliphatic rings. The van der Waals surface area contributed by atoms with E-state index in [1.165, 1.54) is 11.1 Å². The first-order chi connectivity index (χ1) is 17.6. The molecule has 0 bridgehead atoms. The molecule has 1 aliphatic heterocycles. The van der Waals surface area contributed by atoms with Gasteiger partial charge in [0.05, 0.1) is 57.5 Å². The highest BCUT2D eigenvalue weighted by Gasteiger charge is 2.17. The van der Waals surface area contributed by atoms with Crippen LogP contribution in [0.4, 0.5) is 0 Å². The number of hydrogen-bond donors (Lipinski definition) is 0. The van der Waals surface area contributed by atoms with Crippen molar-refractivity contribution in [2.75, 3.05) is 47.6 Å². The molecule has 2 heterocycles. The molecule has 5 rings (SSSR count). The first-order valence-electron chi connectivity index (χ1n) is 12.1. The molecule has 0 radical (unpaired) electrons. The average Bonchev–Trinajstić information content (AvgIpc) is 2.92. The monoisotopic (exact) mass is 485 g/mol. The molecule has 186 valence electrons. The van der Waals surface area contributed by atoms with Crippen molar-refractivity contribution in [2.24, 2.45) is 0 Å². The normalized spacial score (nSPS) is 14.1. The highest BCUT2D eigenvalue weighted by molar-refractivity contribution is 5.93. The van der Waals surface area contributed by atoms with E-state index in [2.05, 4.69) is 36.1 Å². The second-order valence-corrected chi connectivity index (χ2v) is 8.88. The van der Waals surface area contributed by atoms with Gasteiger partial charge in [0.15, 0.2) is 11.5 Å². The van der Waals surface area contributed by atoms with Crippen molar-refractivity contribution in [1.82, 2.24) is 14.9 Å². The third-order valence-corrected chi connectivity index (χ3v) is 6.62. The Morgan fingerprint density at radius 1 is 0.889 bits per heavy atom. The van der Waals surface area contributed by atoms with Crippen molar-refractivity contribution in [3.8, 4) is 39.6 Å². The molecule has 0 atom stereocenters. The zero-order valence-corrected chi connectivity index (χ0v) is 21.2. The third kappa shape index (κ3) is 4.72. The van der Waals surface area contributed by atoms with E-state index in [1.54, 1.807) is 27.5 Å². The van der Waals surface area contributed by atoms with E-state index in [9.17, 15) is 0 Å². The predicted octanol–water partition coefficient (Wildman–Crippen LogP) is 5.13. The standard InChI is InChI=1S/C29H31N3O4/c1-19-14-20(18-32-10-12-36-13-11-32)8-9-22(19)23-6-5-7-24-28(23)31-25(17-30-24)21-15-26(33-2)29(35-4)27(16-21)34-3/h5-9,14-17H,10-13,18H2,1-4H3. The maximum Gasteiger partial charge on any atom is 0.203 e. The summed E-state index contributed by atoms with van der Waals surface area (Å²) in [5, 5.41) is 0. The summed E-state index contributed by atoms with van der Waals surface area (Å²) in [6, 6.07) is 16.6. The number of benzene rings is 3. The number of fused-ring (bicyclic) bond motifs is 1. The molecule has 7 nitrogen and oxygen atoms in total. The number of hydrogen-bond acceptors (Lipinski definition) is 7. The Hall–Kier alpha value is -3.68. The summed E-state index contributed by atoms with van der Waals surface area (Å²) in [5.74, 6) is 1.70. The van der Waals surface area contributed by atoms with Gasteiger partial charge in [-0.25, -0.2) is 4.98 Å². The highest BCUT2D eigenvalue weighted by Crippen LogP contribution is 2.41. The van der Waals surface area contributed by atoms with Crippen LogP contribution in [0.25, 0.3) is 33.4 Å². The van der Waals surface area contributed by atoms with E-state index < -0.39 is 0 Å². The Balaban J connectivity index is 1.54. The summed E-state index contributed by atoms with van der Waals surface area (Å²) in [7, 11) is 4.81. The molecule has 1 saturated heterocycles. The van der Waals surface area contributed by atoms with Gasteiger partial charge in [-0.3, -0.25) is 9.88 Å². The van der Waals surface area contributed by atoms with Crippen LogP contribution >= 0.6 is 0 Å². The Kier molecular flexibility index (Phi) is 7.02. The number of aromatic nitrogens is 2. The van der Waals surface area contributed by atoms with Crippen LogP contribution in [-0.2, 0) is 11.3 Å². The van der Waals surface area contributed by atoms with Crippen LogP contribution in [0.15, 0.2) is 54.7 Å². The van der Waals surface area contributed by atoms with Crippen LogP contribution < -0.4 is 14.2 Å². The van der Waals surface area contributed by atoms with Gasteiger partial charge in [0.25, 0.3) is 0 Å². The molecule has 36 heavy (non-hydrogen) atoms. The van der Waals surface area contributed by atoms with Crippen LogP contribution in [0.1, 0.15) is 11.1 Å². The minimum atomic E-state index is 0.547. The molecule has 7 heteroatoms. The minimum Gasteiger partial charge on any atom is -0.493 e. The van der Waals surface area contributed by atoms with Crippen molar-refractivity contribution in [2.45, 2.75) is 13.5 Å². The molecular weight excluding hydrogens is 454 g/mol. The Morgan fingerprint density at radius 2 is 1.64 bits per heavy atom. The van der Waals surface area contributed by atoms with E-state index in [4.69, 9.17) is 28.9 Å². The maximum atomic E-state index is 5.54. The summed E-state index contributed by atoms with van der Waals surface area (Å²) < 4.78 is 22.0. The van der Waals surface area contributed by atoms with Gasteiger partial charge in [-0.05, 0) is 41.8 Å². The zero-order valence-electron chi connectivity index (χ0n) is 21.2. The summed E-state index contributed by atoms with van der Waals surface area (Å²) >= 11 is 0. The fourth-order valence-electron chi connectivity index (χ4n) is 4.76. The van der Waals surface area contributed by atoms with Gasteiger partial charge >= 0.3 is 0 Å². The summed E-state index contributed by atoms with van der Waals surface area (Å²) in [6.07, 6.45) is 1.78. The van der Waals surface area contributed by atoms with Crippen LogP contribution in [0, 0.1) is 6.92 Å². The maximum absolute atomic E-state index is 5.54. The Labute approximate surface area is 211 Å². The van der Waals surface area contributed by atoms with Crippen molar-refractivity contribution in [1.29, 1.82) is 0 Å². The SMILES string of the molecule is COc1cc(-c2cnc3cccc(-c4ccc(CN5CCOCC5)cc4C)c3n2)cc(OC)c1OC. The largest absolute Gasteiger partial charge is 0.493 e. The number of para-hydroxylation sites is 1. The number of nitrogens with zero attached hydrogens (tertiary/aromatic N) is 3. The van der Waals surface area contributed by atoms with Crippen molar-refractivity contribution < 1.29 is 18.9 Å². The lowest BCUT2D eigenvalue weighted by Crippen LogP contribution is -2.35. The predicted molar refractivity (Wildman–Crippen MR) is 141 cm³/mol. The molecule has 0 aliphatic carbocycles. The lowest BCUT2D eigenvalue weighted by atomic mass is 9.97. The molecular formula is C29H31N3O4. The third-order valence-electron chi connectivity index (χ3n) is 6.62. The van der Waals surface area contributed by atoms with Crippen LogP contribution in [-0.4, -0.2) is 62.5 Å². The topological polar surface area (TPSA) is 65.9 Å². The van der Waals surface area contributed by atoms with E-state index in [0.29, 0.717) is 17.2 Å². The zero-order chi connectivity index (χ0) is 25.1. The summed E-state index contributed by atoms with van der Waals surface area (Å²) in [6.45, 7) is 6.66. The van der Waals surface area contributed by atoms with Crippen LogP contribution in [0.5, 0.6) is 17.2 Å². The first-order valence-corrected chi connectivity index (χ1v) is 12.1. The number of rotatable bonds is 7. The van der Waals surface area contributed by atoms with Gasteiger partial charge in [0.1, 0.15) is 0 Å². The van der Waals surface area contributed by atoms with Gasteiger partial charge < -0.3 is 18.9 Å². The van der Waals surface area contributed by atoms with E-state index in [1.807, 2.05) is 24.3 Å². The van der Waals surface area contributed by atoms with E-state index in [-0.39, 0.29) is 0 Å². The molecule has 0 N–H and O–H groups in total. The molecule has 0 spiro atoms. The number of methoxy groups -OCH3 is 3. The fourth-order valence-corrected chi connectivity index (χ4v) is 4.76.